The Balaban J connectivity index is 1.76. The van der Waals surface area contributed by atoms with Crippen LogP contribution in [-0.2, 0) is 11.0 Å². The van der Waals surface area contributed by atoms with E-state index in [9.17, 15) is 18.0 Å². The molecule has 0 saturated carbocycles. The molecule has 1 unspecified atom stereocenters. The third-order valence-corrected chi connectivity index (χ3v) is 5.42. The predicted octanol–water partition coefficient (Wildman–Crippen LogP) is 5.61. The van der Waals surface area contributed by atoms with Crippen molar-refractivity contribution < 1.29 is 18.0 Å². The van der Waals surface area contributed by atoms with E-state index < -0.39 is 17.0 Å². The van der Waals surface area contributed by atoms with Gasteiger partial charge in [-0.25, -0.2) is 4.98 Å². The van der Waals surface area contributed by atoms with Crippen molar-refractivity contribution in [2.45, 2.75) is 16.3 Å². The van der Waals surface area contributed by atoms with Crippen molar-refractivity contribution in [3.05, 3.63) is 84.1 Å². The van der Waals surface area contributed by atoms with Crippen LogP contribution in [0.5, 0.6) is 0 Å². The molecule has 0 N–H and O–H groups in total. The molecular formula is C20H13F3N2OS. The zero-order chi connectivity index (χ0) is 19.0. The van der Waals surface area contributed by atoms with Crippen LogP contribution in [0.15, 0.2) is 77.8 Å². The number of carbonyl (C=O) groups excluding carboxylic acids is 1. The molecule has 7 heteroatoms. The highest BCUT2D eigenvalue weighted by Crippen LogP contribution is 2.48. The highest BCUT2D eigenvalue weighted by molar-refractivity contribution is 8.00. The minimum atomic E-state index is -4.48. The van der Waals surface area contributed by atoms with Crippen molar-refractivity contribution in [3.63, 3.8) is 0 Å². The quantitative estimate of drug-likeness (QED) is 0.586. The average molecular weight is 386 g/mol. The zero-order valence-corrected chi connectivity index (χ0v) is 14.7. The van der Waals surface area contributed by atoms with E-state index in [4.69, 9.17) is 0 Å². The normalized spacial score (nSPS) is 16.5. The molecule has 0 saturated heterocycles. The van der Waals surface area contributed by atoms with Gasteiger partial charge in [-0.1, -0.05) is 30.3 Å². The Morgan fingerprint density at radius 3 is 2.48 bits per heavy atom. The van der Waals surface area contributed by atoms with Gasteiger partial charge in [0.1, 0.15) is 11.1 Å². The second-order valence-electron chi connectivity index (χ2n) is 5.95. The lowest BCUT2D eigenvalue weighted by molar-refractivity contribution is -0.137. The fourth-order valence-corrected chi connectivity index (χ4v) is 4.08. The molecule has 2 heterocycles. The Bertz CT molecular complexity index is 992. The van der Waals surface area contributed by atoms with Crippen LogP contribution < -0.4 is 4.90 Å². The number of anilines is 2. The number of hydrogen-bond acceptors (Lipinski definition) is 3. The maximum Gasteiger partial charge on any atom is 0.416 e. The van der Waals surface area contributed by atoms with Crippen LogP contribution in [0.1, 0.15) is 16.4 Å². The molecule has 4 rings (SSSR count). The van der Waals surface area contributed by atoms with Crippen molar-refractivity contribution >= 4 is 29.2 Å². The summed E-state index contributed by atoms with van der Waals surface area (Å²) in [5.74, 6) is 0.0622. The summed E-state index contributed by atoms with van der Waals surface area (Å²) >= 11 is 1.36. The number of thioether (sulfide) groups is 1. The van der Waals surface area contributed by atoms with Crippen molar-refractivity contribution in [1.29, 1.82) is 0 Å². The first-order chi connectivity index (χ1) is 12.9. The molecule has 0 fully saturated rings. The summed E-state index contributed by atoms with van der Waals surface area (Å²) < 4.78 is 39.3. The molecule has 1 aliphatic heterocycles. The molecule has 1 atom stereocenters. The van der Waals surface area contributed by atoms with Gasteiger partial charge in [0.2, 0.25) is 0 Å². The van der Waals surface area contributed by atoms with Crippen molar-refractivity contribution in [2.75, 3.05) is 4.90 Å². The van der Waals surface area contributed by atoms with Gasteiger partial charge < -0.3 is 0 Å². The summed E-state index contributed by atoms with van der Waals surface area (Å²) in [7, 11) is 0. The molecular weight excluding hydrogens is 373 g/mol. The number of hydrogen-bond donors (Lipinski definition) is 0. The Morgan fingerprint density at radius 2 is 1.74 bits per heavy atom. The highest BCUT2D eigenvalue weighted by atomic mass is 32.2. The van der Waals surface area contributed by atoms with Gasteiger partial charge in [-0.2, -0.15) is 13.2 Å². The van der Waals surface area contributed by atoms with Gasteiger partial charge in [-0.05, 0) is 36.4 Å². The number of pyridine rings is 1. The molecule has 2 aromatic carbocycles. The van der Waals surface area contributed by atoms with E-state index in [1.165, 1.54) is 35.0 Å². The fraction of sp³-hybridized carbons (Fsp3) is 0.100. The number of nitrogens with zero attached hydrogens (tertiary/aromatic N) is 2. The van der Waals surface area contributed by atoms with Crippen molar-refractivity contribution in [3.8, 4) is 0 Å². The van der Waals surface area contributed by atoms with E-state index in [2.05, 4.69) is 4.98 Å². The molecule has 3 nitrogen and oxygen atoms in total. The molecule has 1 aromatic heterocycles. The fourth-order valence-electron chi connectivity index (χ4n) is 2.98. The summed E-state index contributed by atoms with van der Waals surface area (Å²) in [6.45, 7) is 0. The molecule has 0 aliphatic carbocycles. The standard InChI is InChI=1S/C20H13F3N2OS/c21-20(22,23)13-6-4-7-14(12-13)25-18-16(10-5-11-24-18)17(19(25)26)27-15-8-2-1-3-9-15/h1-12,17H. The summed E-state index contributed by atoms with van der Waals surface area (Å²) in [5.41, 5.74) is 0.0455. The summed E-state index contributed by atoms with van der Waals surface area (Å²) in [6.07, 6.45) is -2.95. The lowest BCUT2D eigenvalue weighted by Crippen LogP contribution is -2.23. The number of rotatable bonds is 3. The van der Waals surface area contributed by atoms with Crippen LogP contribution in [0.2, 0.25) is 0 Å². The predicted molar refractivity (Wildman–Crippen MR) is 97.9 cm³/mol. The third-order valence-electron chi connectivity index (χ3n) is 4.18. The smallest absolute Gasteiger partial charge is 0.272 e. The number of aromatic nitrogens is 1. The maximum atomic E-state index is 13.1. The van der Waals surface area contributed by atoms with Gasteiger partial charge in [0.05, 0.1) is 11.3 Å². The van der Waals surface area contributed by atoms with Crippen LogP contribution in [0.25, 0.3) is 0 Å². The minimum absolute atomic E-state index is 0.158. The van der Waals surface area contributed by atoms with Crippen LogP contribution in [0.3, 0.4) is 0 Å². The largest absolute Gasteiger partial charge is 0.416 e. The molecule has 0 bridgehead atoms. The molecule has 0 spiro atoms. The first kappa shape index (κ1) is 17.6. The summed E-state index contributed by atoms with van der Waals surface area (Å²) in [5, 5.41) is -0.564. The van der Waals surface area contributed by atoms with E-state index in [1.807, 2.05) is 30.3 Å². The van der Waals surface area contributed by atoms with Gasteiger partial charge in [-0.3, -0.25) is 9.69 Å². The summed E-state index contributed by atoms with van der Waals surface area (Å²) in [4.78, 5) is 19.5. The zero-order valence-electron chi connectivity index (χ0n) is 13.9. The van der Waals surface area contributed by atoms with Gasteiger partial charge in [0.15, 0.2) is 0 Å². The number of carbonyl (C=O) groups is 1. The highest BCUT2D eigenvalue weighted by Gasteiger charge is 2.40. The number of halogens is 3. The molecule has 1 aliphatic rings. The Morgan fingerprint density at radius 1 is 0.963 bits per heavy atom. The van der Waals surface area contributed by atoms with Gasteiger partial charge in [0, 0.05) is 16.7 Å². The van der Waals surface area contributed by atoms with Crippen molar-refractivity contribution in [2.24, 2.45) is 0 Å². The maximum absolute atomic E-state index is 13.1. The molecule has 1 amide bonds. The summed E-state index contributed by atoms with van der Waals surface area (Å²) in [6, 6.07) is 17.7. The van der Waals surface area contributed by atoms with Gasteiger partial charge in [0.25, 0.3) is 5.91 Å². The van der Waals surface area contributed by atoms with Gasteiger partial charge >= 0.3 is 6.18 Å². The SMILES string of the molecule is O=C1C(Sc2ccccc2)c2cccnc2N1c1cccc(C(F)(F)F)c1. The molecule has 0 radical (unpaired) electrons. The first-order valence-corrected chi connectivity index (χ1v) is 9.01. The number of fused-ring (bicyclic) bond motifs is 1. The van der Waals surface area contributed by atoms with E-state index in [0.29, 0.717) is 11.4 Å². The number of benzene rings is 2. The Hall–Kier alpha value is -2.80. The minimum Gasteiger partial charge on any atom is -0.272 e. The number of alkyl halides is 3. The third kappa shape index (κ3) is 3.30. The van der Waals surface area contributed by atoms with Crippen LogP contribution in [0.4, 0.5) is 24.7 Å². The molecule has 136 valence electrons. The Kier molecular flexibility index (Phi) is 4.39. The Labute approximate surface area is 157 Å². The topological polar surface area (TPSA) is 33.2 Å². The van der Waals surface area contributed by atoms with E-state index in [0.717, 1.165) is 17.0 Å². The van der Waals surface area contributed by atoms with Crippen LogP contribution in [0, 0.1) is 0 Å². The van der Waals surface area contributed by atoms with E-state index in [-0.39, 0.29) is 11.6 Å². The van der Waals surface area contributed by atoms with Crippen LogP contribution in [-0.4, -0.2) is 10.9 Å². The monoisotopic (exact) mass is 386 g/mol. The van der Waals surface area contributed by atoms with E-state index in [1.54, 1.807) is 12.1 Å². The first-order valence-electron chi connectivity index (χ1n) is 8.13. The molecule has 27 heavy (non-hydrogen) atoms. The van der Waals surface area contributed by atoms with Crippen LogP contribution >= 0.6 is 11.8 Å². The lowest BCUT2D eigenvalue weighted by Gasteiger charge is -2.18. The lowest BCUT2D eigenvalue weighted by atomic mass is 10.2. The van der Waals surface area contributed by atoms with Gasteiger partial charge in [-0.15, -0.1) is 11.8 Å². The second kappa shape index (κ2) is 6.74. The average Bonchev–Trinajstić information content (AvgIpc) is 2.94. The van der Waals surface area contributed by atoms with E-state index >= 15 is 0 Å². The molecule has 3 aromatic rings. The number of amides is 1. The second-order valence-corrected chi connectivity index (χ2v) is 7.13. The van der Waals surface area contributed by atoms with Crippen molar-refractivity contribution in [1.82, 2.24) is 4.98 Å².